The second-order valence-corrected chi connectivity index (χ2v) is 7.20. The van der Waals surface area contributed by atoms with Crippen molar-refractivity contribution in [2.24, 2.45) is 11.7 Å². The highest BCUT2D eigenvalue weighted by atomic mass is 14.9. The Morgan fingerprint density at radius 1 is 1.20 bits per heavy atom. The molecular formula is C18H30N2. The van der Waals surface area contributed by atoms with Crippen LogP contribution in [0.5, 0.6) is 0 Å². The number of rotatable bonds is 7. The Bertz CT molecular complexity index is 398. The summed E-state index contributed by atoms with van der Waals surface area (Å²) in [5.41, 5.74) is 8.83. The van der Waals surface area contributed by atoms with Crippen LogP contribution in [0, 0.1) is 5.92 Å². The molecule has 0 radical (unpaired) electrons. The van der Waals surface area contributed by atoms with E-state index in [1.807, 2.05) is 0 Å². The molecule has 2 heteroatoms. The van der Waals surface area contributed by atoms with Gasteiger partial charge in [-0.25, -0.2) is 0 Å². The first-order chi connectivity index (χ1) is 9.50. The van der Waals surface area contributed by atoms with Crippen molar-refractivity contribution < 1.29 is 0 Å². The fourth-order valence-corrected chi connectivity index (χ4v) is 2.63. The average molecular weight is 274 g/mol. The summed E-state index contributed by atoms with van der Waals surface area (Å²) in [5.74, 6) is 1.03. The molecule has 1 unspecified atom stereocenters. The van der Waals surface area contributed by atoms with Gasteiger partial charge in [-0.05, 0) is 41.8 Å². The number of nitrogens with one attached hydrogen (secondary N) is 1. The Labute approximate surface area is 124 Å². The van der Waals surface area contributed by atoms with E-state index in [4.69, 9.17) is 5.73 Å². The van der Waals surface area contributed by atoms with Gasteiger partial charge >= 0.3 is 0 Å². The van der Waals surface area contributed by atoms with Crippen LogP contribution in [0.3, 0.4) is 0 Å². The molecule has 1 aromatic carbocycles. The number of nitrogens with two attached hydrogens (primary N) is 1. The predicted octanol–water partition coefficient (Wildman–Crippen LogP) is 3.76. The van der Waals surface area contributed by atoms with E-state index in [1.54, 1.807) is 0 Å². The maximum atomic E-state index is 5.92. The van der Waals surface area contributed by atoms with Gasteiger partial charge in [0.05, 0.1) is 0 Å². The Kier molecular flexibility index (Phi) is 5.22. The largest absolute Gasteiger partial charge is 0.329 e. The van der Waals surface area contributed by atoms with Crippen molar-refractivity contribution in [1.82, 2.24) is 5.32 Å². The smallest absolute Gasteiger partial charge is 0.0444 e. The number of hydrogen-bond acceptors (Lipinski definition) is 2. The first-order valence-corrected chi connectivity index (χ1v) is 8.04. The molecule has 1 saturated carbocycles. The molecule has 0 bridgehead atoms. The molecule has 1 fully saturated rings. The Morgan fingerprint density at radius 2 is 1.85 bits per heavy atom. The molecule has 0 heterocycles. The first kappa shape index (κ1) is 15.5. The molecule has 112 valence electrons. The molecular weight excluding hydrogens is 244 g/mol. The maximum absolute atomic E-state index is 5.92. The van der Waals surface area contributed by atoms with Gasteiger partial charge in [0.25, 0.3) is 0 Å². The second kappa shape index (κ2) is 6.73. The average Bonchev–Trinajstić information content (AvgIpc) is 3.22. The van der Waals surface area contributed by atoms with Crippen molar-refractivity contribution in [3.8, 4) is 0 Å². The minimum Gasteiger partial charge on any atom is -0.329 e. The van der Waals surface area contributed by atoms with Gasteiger partial charge in [-0.2, -0.15) is 0 Å². The minimum atomic E-state index is 0.217. The lowest BCUT2D eigenvalue weighted by Crippen LogP contribution is -2.29. The second-order valence-electron chi connectivity index (χ2n) is 7.20. The molecule has 0 aromatic heterocycles. The van der Waals surface area contributed by atoms with E-state index in [9.17, 15) is 0 Å². The van der Waals surface area contributed by atoms with Gasteiger partial charge in [0.1, 0.15) is 0 Å². The quantitative estimate of drug-likeness (QED) is 0.743. The molecule has 3 N–H and O–H groups in total. The zero-order valence-electron chi connectivity index (χ0n) is 13.3. The van der Waals surface area contributed by atoms with E-state index in [1.165, 1.54) is 36.8 Å². The summed E-state index contributed by atoms with van der Waals surface area (Å²) in [6.07, 6.45) is 5.57. The van der Waals surface area contributed by atoms with Crippen LogP contribution in [0.2, 0.25) is 0 Å². The predicted molar refractivity (Wildman–Crippen MR) is 86.9 cm³/mol. The molecule has 1 aliphatic carbocycles. The van der Waals surface area contributed by atoms with Crippen LogP contribution in [0.4, 0.5) is 0 Å². The molecule has 1 atom stereocenters. The van der Waals surface area contributed by atoms with Crippen LogP contribution in [0.25, 0.3) is 0 Å². The standard InChI is InChI=1S/C18H30N2/c1-18(2,3)16-10-8-15(9-11-16)17(13-19)20-12-4-5-14-6-7-14/h8-11,14,17,20H,4-7,12-13,19H2,1-3H3. The fraction of sp³-hybridized carbons (Fsp3) is 0.667. The van der Waals surface area contributed by atoms with E-state index in [0.717, 1.165) is 12.5 Å². The third-order valence-electron chi connectivity index (χ3n) is 4.29. The third-order valence-corrected chi connectivity index (χ3v) is 4.29. The molecule has 20 heavy (non-hydrogen) atoms. The summed E-state index contributed by atoms with van der Waals surface area (Å²) in [7, 11) is 0. The molecule has 1 aliphatic rings. The van der Waals surface area contributed by atoms with Crippen molar-refractivity contribution >= 4 is 0 Å². The lowest BCUT2D eigenvalue weighted by atomic mass is 9.86. The summed E-state index contributed by atoms with van der Waals surface area (Å²) >= 11 is 0. The molecule has 0 spiro atoms. The van der Waals surface area contributed by atoms with Crippen molar-refractivity contribution in [2.45, 2.75) is 57.9 Å². The molecule has 0 saturated heterocycles. The molecule has 0 amide bonds. The van der Waals surface area contributed by atoms with Gasteiger partial charge in [0, 0.05) is 12.6 Å². The van der Waals surface area contributed by atoms with Crippen molar-refractivity contribution in [1.29, 1.82) is 0 Å². The highest BCUT2D eigenvalue weighted by Gasteiger charge is 2.20. The highest BCUT2D eigenvalue weighted by Crippen LogP contribution is 2.33. The minimum absolute atomic E-state index is 0.217. The van der Waals surface area contributed by atoms with Crippen LogP contribution < -0.4 is 11.1 Å². The van der Waals surface area contributed by atoms with Gasteiger partial charge < -0.3 is 11.1 Å². The first-order valence-electron chi connectivity index (χ1n) is 8.04. The number of hydrogen-bond donors (Lipinski definition) is 2. The fourth-order valence-electron chi connectivity index (χ4n) is 2.63. The summed E-state index contributed by atoms with van der Waals surface area (Å²) < 4.78 is 0. The van der Waals surface area contributed by atoms with Gasteiger partial charge in [0.15, 0.2) is 0 Å². The lowest BCUT2D eigenvalue weighted by molar-refractivity contribution is 0.511. The van der Waals surface area contributed by atoms with E-state index >= 15 is 0 Å². The SMILES string of the molecule is CC(C)(C)c1ccc(C(CN)NCCCC2CC2)cc1. The van der Waals surface area contributed by atoms with Gasteiger partial charge in [0.2, 0.25) is 0 Å². The Hall–Kier alpha value is -0.860. The summed E-state index contributed by atoms with van der Waals surface area (Å²) in [6, 6.07) is 9.23. The summed E-state index contributed by atoms with van der Waals surface area (Å²) in [4.78, 5) is 0. The van der Waals surface area contributed by atoms with Crippen molar-refractivity contribution in [3.05, 3.63) is 35.4 Å². The Morgan fingerprint density at radius 3 is 2.35 bits per heavy atom. The monoisotopic (exact) mass is 274 g/mol. The maximum Gasteiger partial charge on any atom is 0.0444 e. The highest BCUT2D eigenvalue weighted by molar-refractivity contribution is 5.29. The summed E-state index contributed by atoms with van der Waals surface area (Å²) in [6.45, 7) is 8.49. The van der Waals surface area contributed by atoms with Crippen LogP contribution in [0.15, 0.2) is 24.3 Å². The van der Waals surface area contributed by atoms with Crippen LogP contribution >= 0.6 is 0 Å². The van der Waals surface area contributed by atoms with Crippen molar-refractivity contribution in [2.75, 3.05) is 13.1 Å². The zero-order valence-corrected chi connectivity index (χ0v) is 13.3. The van der Waals surface area contributed by atoms with Crippen LogP contribution in [-0.2, 0) is 5.41 Å². The third kappa shape index (κ3) is 4.60. The van der Waals surface area contributed by atoms with Crippen molar-refractivity contribution in [3.63, 3.8) is 0 Å². The zero-order chi connectivity index (χ0) is 14.6. The van der Waals surface area contributed by atoms with E-state index < -0.39 is 0 Å². The normalized spacial score (nSPS) is 17.2. The van der Waals surface area contributed by atoms with Crippen LogP contribution in [-0.4, -0.2) is 13.1 Å². The van der Waals surface area contributed by atoms with Gasteiger partial charge in [-0.15, -0.1) is 0 Å². The molecule has 2 rings (SSSR count). The van der Waals surface area contributed by atoms with E-state index in [2.05, 4.69) is 50.4 Å². The lowest BCUT2D eigenvalue weighted by Gasteiger charge is -2.21. The van der Waals surface area contributed by atoms with Gasteiger partial charge in [-0.1, -0.05) is 57.9 Å². The van der Waals surface area contributed by atoms with E-state index in [0.29, 0.717) is 12.6 Å². The van der Waals surface area contributed by atoms with Crippen LogP contribution in [0.1, 0.15) is 63.6 Å². The summed E-state index contributed by atoms with van der Waals surface area (Å²) in [5, 5.41) is 3.60. The molecule has 2 nitrogen and oxygen atoms in total. The van der Waals surface area contributed by atoms with E-state index in [-0.39, 0.29) is 5.41 Å². The number of benzene rings is 1. The molecule has 0 aliphatic heterocycles. The van der Waals surface area contributed by atoms with Gasteiger partial charge in [-0.3, -0.25) is 0 Å². The Balaban J connectivity index is 1.85. The topological polar surface area (TPSA) is 38.0 Å². The molecule has 1 aromatic rings.